The third-order valence-corrected chi connectivity index (χ3v) is 1.76. The Labute approximate surface area is 72.0 Å². The van der Waals surface area contributed by atoms with Gasteiger partial charge in [0.1, 0.15) is 0 Å². The molecule has 12 heavy (non-hydrogen) atoms. The Morgan fingerprint density at radius 2 is 2.33 bits per heavy atom. The first-order valence-corrected chi connectivity index (χ1v) is 4.07. The summed E-state index contributed by atoms with van der Waals surface area (Å²) in [4.78, 5) is 0. The highest BCUT2D eigenvalue weighted by atomic mass is 16.3. The van der Waals surface area contributed by atoms with Crippen LogP contribution in [0.5, 0.6) is 0 Å². The Bertz CT molecular complexity index is 244. The minimum Gasteiger partial charge on any atom is -0.387 e. The van der Waals surface area contributed by atoms with Crippen LogP contribution in [0.15, 0.2) is 12.4 Å². The van der Waals surface area contributed by atoms with E-state index in [0.29, 0.717) is 6.04 Å². The van der Waals surface area contributed by atoms with Crippen molar-refractivity contribution in [2.75, 3.05) is 6.54 Å². The molecule has 4 nitrogen and oxygen atoms in total. The number of rotatable bonds is 3. The lowest BCUT2D eigenvalue weighted by molar-refractivity contribution is 0.186. The molecule has 0 saturated carbocycles. The minimum absolute atomic E-state index is 0.240. The van der Waals surface area contributed by atoms with Gasteiger partial charge >= 0.3 is 0 Å². The minimum atomic E-state index is -0.586. The van der Waals surface area contributed by atoms with E-state index in [1.54, 1.807) is 10.9 Å². The molecule has 68 valence electrons. The van der Waals surface area contributed by atoms with Gasteiger partial charge in [0.05, 0.1) is 12.3 Å². The van der Waals surface area contributed by atoms with Crippen molar-refractivity contribution in [3.8, 4) is 0 Å². The van der Waals surface area contributed by atoms with E-state index in [9.17, 15) is 5.11 Å². The molecule has 1 aromatic heterocycles. The Morgan fingerprint density at radius 3 is 2.75 bits per heavy atom. The van der Waals surface area contributed by atoms with Gasteiger partial charge in [-0.15, -0.1) is 0 Å². The third-order valence-electron chi connectivity index (χ3n) is 1.76. The number of hydrogen-bond acceptors (Lipinski definition) is 3. The lowest BCUT2D eigenvalue weighted by Crippen LogP contribution is -2.10. The molecule has 1 unspecified atom stereocenters. The zero-order chi connectivity index (χ0) is 9.14. The van der Waals surface area contributed by atoms with E-state index in [1.165, 1.54) is 0 Å². The first kappa shape index (κ1) is 9.22. The second-order valence-corrected chi connectivity index (χ2v) is 3.10. The molecule has 0 radical (unpaired) electrons. The fourth-order valence-corrected chi connectivity index (χ4v) is 0.943. The molecule has 0 saturated heterocycles. The second kappa shape index (κ2) is 3.69. The molecule has 1 rings (SSSR count). The van der Waals surface area contributed by atoms with Gasteiger partial charge < -0.3 is 10.8 Å². The zero-order valence-electron chi connectivity index (χ0n) is 7.44. The Balaban J connectivity index is 2.77. The topological polar surface area (TPSA) is 64.1 Å². The molecule has 0 aliphatic carbocycles. The summed E-state index contributed by atoms with van der Waals surface area (Å²) >= 11 is 0. The van der Waals surface area contributed by atoms with E-state index in [0.717, 1.165) is 5.56 Å². The summed E-state index contributed by atoms with van der Waals surface area (Å²) < 4.78 is 1.80. The van der Waals surface area contributed by atoms with Crippen molar-refractivity contribution in [2.45, 2.75) is 26.0 Å². The third kappa shape index (κ3) is 1.84. The number of aliphatic hydroxyl groups is 1. The first-order chi connectivity index (χ1) is 5.65. The average molecular weight is 169 g/mol. The van der Waals surface area contributed by atoms with Gasteiger partial charge in [0, 0.05) is 24.3 Å². The summed E-state index contributed by atoms with van der Waals surface area (Å²) in [5, 5.41) is 13.4. The van der Waals surface area contributed by atoms with E-state index in [-0.39, 0.29) is 6.54 Å². The van der Waals surface area contributed by atoms with Crippen LogP contribution in [0.4, 0.5) is 0 Å². The molecule has 0 bridgehead atoms. The molecule has 1 heterocycles. The van der Waals surface area contributed by atoms with Crippen LogP contribution >= 0.6 is 0 Å². The van der Waals surface area contributed by atoms with Gasteiger partial charge in [-0.3, -0.25) is 4.68 Å². The maximum Gasteiger partial charge on any atom is 0.0942 e. The normalized spacial score (nSPS) is 13.8. The average Bonchev–Trinajstić information content (AvgIpc) is 2.51. The highest BCUT2D eigenvalue weighted by molar-refractivity contribution is 5.08. The number of aliphatic hydroxyl groups excluding tert-OH is 1. The summed E-state index contributed by atoms with van der Waals surface area (Å²) in [6.45, 7) is 4.31. The molecule has 0 spiro atoms. The summed E-state index contributed by atoms with van der Waals surface area (Å²) in [6.07, 6.45) is 2.89. The Morgan fingerprint density at radius 1 is 1.67 bits per heavy atom. The van der Waals surface area contributed by atoms with Gasteiger partial charge in [-0.05, 0) is 13.8 Å². The van der Waals surface area contributed by atoms with E-state index < -0.39 is 6.10 Å². The number of nitrogens with two attached hydrogens (primary N) is 1. The van der Waals surface area contributed by atoms with E-state index in [2.05, 4.69) is 5.10 Å². The lowest BCUT2D eigenvalue weighted by Gasteiger charge is -2.05. The summed E-state index contributed by atoms with van der Waals surface area (Å²) in [6, 6.07) is 0.323. The summed E-state index contributed by atoms with van der Waals surface area (Å²) in [5.74, 6) is 0. The largest absolute Gasteiger partial charge is 0.387 e. The number of nitrogens with zero attached hydrogens (tertiary/aromatic N) is 2. The maximum absolute atomic E-state index is 9.35. The lowest BCUT2D eigenvalue weighted by atomic mass is 10.2. The summed E-state index contributed by atoms with van der Waals surface area (Å²) in [7, 11) is 0. The van der Waals surface area contributed by atoms with Crippen LogP contribution in [-0.2, 0) is 0 Å². The van der Waals surface area contributed by atoms with Crippen molar-refractivity contribution in [2.24, 2.45) is 5.73 Å². The van der Waals surface area contributed by atoms with Crippen molar-refractivity contribution in [1.82, 2.24) is 9.78 Å². The second-order valence-electron chi connectivity index (χ2n) is 3.10. The molecular weight excluding hydrogens is 154 g/mol. The number of aromatic nitrogens is 2. The van der Waals surface area contributed by atoms with Gasteiger partial charge in [0.25, 0.3) is 0 Å². The van der Waals surface area contributed by atoms with Crippen molar-refractivity contribution in [3.05, 3.63) is 18.0 Å². The monoisotopic (exact) mass is 169 g/mol. The molecule has 0 amide bonds. The Hall–Kier alpha value is -0.870. The fourth-order valence-electron chi connectivity index (χ4n) is 0.943. The van der Waals surface area contributed by atoms with E-state index >= 15 is 0 Å². The van der Waals surface area contributed by atoms with E-state index in [4.69, 9.17) is 5.73 Å². The van der Waals surface area contributed by atoms with Crippen LogP contribution in [0.25, 0.3) is 0 Å². The van der Waals surface area contributed by atoms with Gasteiger partial charge in [0.2, 0.25) is 0 Å². The summed E-state index contributed by atoms with van der Waals surface area (Å²) in [5.41, 5.74) is 6.09. The molecule has 3 N–H and O–H groups in total. The van der Waals surface area contributed by atoms with E-state index in [1.807, 2.05) is 20.0 Å². The predicted octanol–water partition coefficient (Wildman–Crippen LogP) is 0.456. The van der Waals surface area contributed by atoms with Gasteiger partial charge in [-0.1, -0.05) is 0 Å². The smallest absolute Gasteiger partial charge is 0.0942 e. The van der Waals surface area contributed by atoms with Crippen molar-refractivity contribution in [1.29, 1.82) is 0 Å². The SMILES string of the molecule is CC(C)n1cc(C(O)CN)cn1. The van der Waals surface area contributed by atoms with Gasteiger partial charge in [-0.2, -0.15) is 5.10 Å². The molecule has 1 atom stereocenters. The fraction of sp³-hybridized carbons (Fsp3) is 0.625. The van der Waals surface area contributed by atoms with Gasteiger partial charge in [0.15, 0.2) is 0 Å². The standard InChI is InChI=1S/C8H15N3O/c1-6(2)11-5-7(4-10-11)8(12)3-9/h4-6,8,12H,3,9H2,1-2H3. The van der Waals surface area contributed by atoms with Crippen LogP contribution < -0.4 is 5.73 Å². The molecular formula is C8H15N3O. The molecule has 0 fully saturated rings. The molecule has 0 aliphatic rings. The highest BCUT2D eigenvalue weighted by Crippen LogP contribution is 2.12. The van der Waals surface area contributed by atoms with Crippen LogP contribution in [0, 0.1) is 0 Å². The highest BCUT2D eigenvalue weighted by Gasteiger charge is 2.08. The van der Waals surface area contributed by atoms with Crippen molar-refractivity contribution >= 4 is 0 Å². The van der Waals surface area contributed by atoms with Gasteiger partial charge in [-0.25, -0.2) is 0 Å². The predicted molar refractivity (Wildman–Crippen MR) is 46.6 cm³/mol. The molecule has 4 heteroatoms. The number of hydrogen-bond donors (Lipinski definition) is 2. The molecule has 0 aliphatic heterocycles. The maximum atomic E-state index is 9.35. The van der Waals surface area contributed by atoms with Crippen molar-refractivity contribution in [3.63, 3.8) is 0 Å². The first-order valence-electron chi connectivity index (χ1n) is 4.07. The van der Waals surface area contributed by atoms with Crippen molar-refractivity contribution < 1.29 is 5.11 Å². The molecule has 1 aromatic rings. The van der Waals surface area contributed by atoms with Crippen LogP contribution in [-0.4, -0.2) is 21.4 Å². The van der Waals surface area contributed by atoms with Crippen LogP contribution in [0.2, 0.25) is 0 Å². The molecule has 0 aromatic carbocycles. The zero-order valence-corrected chi connectivity index (χ0v) is 7.44. The Kier molecular flexibility index (Phi) is 2.83. The quantitative estimate of drug-likeness (QED) is 0.690. The van der Waals surface area contributed by atoms with Crippen LogP contribution in [0.3, 0.4) is 0 Å². The van der Waals surface area contributed by atoms with Crippen LogP contribution in [0.1, 0.15) is 31.6 Å².